The van der Waals surface area contributed by atoms with Gasteiger partial charge < -0.3 is 10.2 Å². The lowest BCUT2D eigenvalue weighted by molar-refractivity contribution is -0.122. The Bertz CT molecular complexity index is 808. The molecule has 1 saturated heterocycles. The van der Waals surface area contributed by atoms with Crippen LogP contribution in [0.5, 0.6) is 0 Å². The van der Waals surface area contributed by atoms with Crippen molar-refractivity contribution >= 4 is 45.7 Å². The van der Waals surface area contributed by atoms with E-state index in [0.29, 0.717) is 16.9 Å². The van der Waals surface area contributed by atoms with Gasteiger partial charge in [-0.15, -0.1) is 10.2 Å². The van der Waals surface area contributed by atoms with Crippen molar-refractivity contribution in [2.24, 2.45) is 5.92 Å². The van der Waals surface area contributed by atoms with Gasteiger partial charge in [-0.2, -0.15) is 0 Å². The number of hydrogen-bond donors (Lipinski definition) is 1. The Balaban J connectivity index is 1.61. The zero-order valence-electron chi connectivity index (χ0n) is 15.1. The van der Waals surface area contributed by atoms with Gasteiger partial charge in [-0.1, -0.05) is 49.1 Å². The van der Waals surface area contributed by atoms with Gasteiger partial charge in [-0.3, -0.25) is 9.59 Å². The summed E-state index contributed by atoms with van der Waals surface area (Å²) in [5.74, 6) is -0.580. The predicted octanol–water partition coefficient (Wildman–Crippen LogP) is 3.73. The van der Waals surface area contributed by atoms with Crippen molar-refractivity contribution in [3.63, 3.8) is 0 Å². The maximum Gasteiger partial charge on any atom is 0.231 e. The second-order valence-electron chi connectivity index (χ2n) is 6.44. The van der Waals surface area contributed by atoms with Gasteiger partial charge in [0.1, 0.15) is 0 Å². The predicted molar refractivity (Wildman–Crippen MR) is 106 cm³/mol. The van der Waals surface area contributed by atoms with Crippen LogP contribution in [0.3, 0.4) is 0 Å². The van der Waals surface area contributed by atoms with Gasteiger partial charge in [0, 0.05) is 23.9 Å². The molecule has 8 heteroatoms. The van der Waals surface area contributed by atoms with E-state index in [9.17, 15) is 9.59 Å². The molecular weight excluding hydrogens is 368 g/mol. The summed E-state index contributed by atoms with van der Waals surface area (Å²) in [6, 6.07) is 7.76. The van der Waals surface area contributed by atoms with E-state index in [-0.39, 0.29) is 24.2 Å². The molecule has 1 fully saturated rings. The Morgan fingerprint density at radius 2 is 2.27 bits per heavy atom. The summed E-state index contributed by atoms with van der Waals surface area (Å²) in [6.07, 6.45) is 1.26. The first-order valence-electron chi connectivity index (χ1n) is 8.64. The lowest BCUT2D eigenvalue weighted by Gasteiger charge is -2.17. The fourth-order valence-electron chi connectivity index (χ4n) is 2.70. The molecule has 0 aliphatic carbocycles. The maximum absolute atomic E-state index is 12.5. The van der Waals surface area contributed by atoms with E-state index in [0.717, 1.165) is 22.0 Å². The third kappa shape index (κ3) is 4.42. The molecule has 6 nitrogen and oxygen atoms in total. The van der Waals surface area contributed by atoms with Gasteiger partial charge >= 0.3 is 0 Å². The molecule has 26 heavy (non-hydrogen) atoms. The molecule has 2 heterocycles. The van der Waals surface area contributed by atoms with Crippen molar-refractivity contribution in [3.8, 4) is 0 Å². The molecule has 2 amide bonds. The van der Waals surface area contributed by atoms with Crippen LogP contribution in [0, 0.1) is 12.8 Å². The topological polar surface area (TPSA) is 75.2 Å². The lowest BCUT2D eigenvalue weighted by Crippen LogP contribution is -2.28. The van der Waals surface area contributed by atoms with E-state index in [1.807, 2.05) is 31.2 Å². The van der Waals surface area contributed by atoms with Gasteiger partial charge in [0.2, 0.25) is 16.9 Å². The van der Waals surface area contributed by atoms with E-state index >= 15 is 0 Å². The van der Waals surface area contributed by atoms with Crippen molar-refractivity contribution in [2.75, 3.05) is 16.8 Å². The highest BCUT2D eigenvalue weighted by atomic mass is 32.2. The number of nitrogens with zero attached hydrogens (tertiary/aromatic N) is 3. The minimum atomic E-state index is -0.377. The van der Waals surface area contributed by atoms with Gasteiger partial charge in [0.25, 0.3) is 0 Å². The Kier molecular flexibility index (Phi) is 5.93. The number of nitrogens with one attached hydrogen (secondary N) is 1. The number of aromatic nitrogens is 2. The zero-order valence-corrected chi connectivity index (χ0v) is 16.7. The number of carbonyl (C=O) groups is 2. The van der Waals surface area contributed by atoms with E-state index in [1.54, 1.807) is 16.7 Å². The number of carbonyl (C=O) groups excluding carboxylic acids is 2. The van der Waals surface area contributed by atoms with Gasteiger partial charge in [0.05, 0.1) is 5.92 Å². The van der Waals surface area contributed by atoms with Gasteiger partial charge in [-0.25, -0.2) is 0 Å². The highest BCUT2D eigenvalue weighted by Gasteiger charge is 2.35. The van der Waals surface area contributed by atoms with Gasteiger partial charge in [-0.05, 0) is 31.0 Å². The number of amides is 2. The zero-order chi connectivity index (χ0) is 18.7. The van der Waals surface area contributed by atoms with Crippen molar-refractivity contribution in [3.05, 3.63) is 29.8 Å². The second kappa shape index (κ2) is 8.18. The molecule has 1 N–H and O–H groups in total. The average Bonchev–Trinajstić information content (AvgIpc) is 3.21. The number of rotatable bonds is 6. The molecule has 2 atom stereocenters. The normalized spacial score (nSPS) is 18.2. The molecule has 1 aliphatic heterocycles. The number of anilines is 2. The molecule has 0 saturated carbocycles. The van der Waals surface area contributed by atoms with E-state index < -0.39 is 0 Å². The van der Waals surface area contributed by atoms with Crippen LogP contribution in [0.1, 0.15) is 32.3 Å². The standard InChI is InChI=1S/C18H22N4O2S2/c1-4-12(3)25-18-21-20-17(26-18)19-16(24)13-9-15(23)22(10-13)14-7-5-6-11(2)8-14/h5-8,12-13H,4,9-10H2,1-3H3,(H,19,20,24). The Labute approximate surface area is 161 Å². The highest BCUT2D eigenvalue weighted by Crippen LogP contribution is 2.31. The third-order valence-electron chi connectivity index (χ3n) is 4.32. The first-order valence-corrected chi connectivity index (χ1v) is 10.3. The first-order chi connectivity index (χ1) is 12.5. The van der Waals surface area contributed by atoms with Crippen LogP contribution >= 0.6 is 23.1 Å². The molecule has 138 valence electrons. The van der Waals surface area contributed by atoms with Crippen molar-refractivity contribution in [1.82, 2.24) is 10.2 Å². The number of thioether (sulfide) groups is 1. The van der Waals surface area contributed by atoms with E-state index in [1.165, 1.54) is 11.3 Å². The molecule has 0 radical (unpaired) electrons. The summed E-state index contributed by atoms with van der Waals surface area (Å²) in [7, 11) is 0. The monoisotopic (exact) mass is 390 g/mol. The van der Waals surface area contributed by atoms with Gasteiger partial charge in [0.15, 0.2) is 4.34 Å². The summed E-state index contributed by atoms with van der Waals surface area (Å²) >= 11 is 3.03. The summed E-state index contributed by atoms with van der Waals surface area (Å²) in [6.45, 7) is 6.63. The smallest absolute Gasteiger partial charge is 0.231 e. The summed E-state index contributed by atoms with van der Waals surface area (Å²) < 4.78 is 0.846. The van der Waals surface area contributed by atoms with Crippen molar-refractivity contribution in [2.45, 2.75) is 43.2 Å². The highest BCUT2D eigenvalue weighted by molar-refractivity contribution is 8.01. The van der Waals surface area contributed by atoms with Crippen LogP contribution < -0.4 is 10.2 Å². The SMILES string of the molecule is CCC(C)Sc1nnc(NC(=O)C2CC(=O)N(c3cccc(C)c3)C2)s1. The summed E-state index contributed by atoms with van der Waals surface area (Å²) in [5, 5.41) is 11.9. The lowest BCUT2D eigenvalue weighted by atomic mass is 10.1. The summed E-state index contributed by atoms with van der Waals surface area (Å²) in [4.78, 5) is 26.5. The minimum Gasteiger partial charge on any atom is -0.312 e. The van der Waals surface area contributed by atoms with Crippen LogP contribution in [-0.2, 0) is 9.59 Å². The number of hydrogen-bond acceptors (Lipinski definition) is 6. The minimum absolute atomic E-state index is 0.0268. The fraction of sp³-hybridized carbons (Fsp3) is 0.444. The maximum atomic E-state index is 12.5. The van der Waals surface area contributed by atoms with Crippen LogP contribution in [0.15, 0.2) is 28.6 Å². The quantitative estimate of drug-likeness (QED) is 0.601. The fourth-order valence-corrected chi connectivity index (χ4v) is 4.70. The molecule has 2 unspecified atom stereocenters. The first kappa shape index (κ1) is 18.8. The van der Waals surface area contributed by atoms with Crippen molar-refractivity contribution < 1.29 is 9.59 Å². The van der Waals surface area contributed by atoms with Crippen LogP contribution in [0.25, 0.3) is 0 Å². The van der Waals surface area contributed by atoms with Crippen LogP contribution in [-0.4, -0.2) is 33.8 Å². The van der Waals surface area contributed by atoms with Crippen molar-refractivity contribution in [1.29, 1.82) is 0 Å². The molecule has 1 aliphatic rings. The molecule has 0 bridgehead atoms. The Morgan fingerprint density at radius 3 is 3.00 bits per heavy atom. The molecule has 3 rings (SSSR count). The molecular formula is C18H22N4O2S2. The van der Waals surface area contributed by atoms with Crippen LogP contribution in [0.2, 0.25) is 0 Å². The Morgan fingerprint density at radius 1 is 1.46 bits per heavy atom. The average molecular weight is 391 g/mol. The third-order valence-corrected chi connectivity index (χ3v) is 6.51. The molecule has 1 aromatic carbocycles. The summed E-state index contributed by atoms with van der Waals surface area (Å²) in [5.41, 5.74) is 1.93. The largest absolute Gasteiger partial charge is 0.312 e. The molecule has 0 spiro atoms. The van der Waals surface area contributed by atoms with E-state index in [4.69, 9.17) is 0 Å². The van der Waals surface area contributed by atoms with Crippen LogP contribution in [0.4, 0.5) is 10.8 Å². The number of aryl methyl sites for hydroxylation is 1. The molecule has 2 aromatic rings. The second-order valence-corrected chi connectivity index (χ2v) is 9.11. The number of benzene rings is 1. The Hall–Kier alpha value is -1.93. The van der Waals surface area contributed by atoms with E-state index in [2.05, 4.69) is 29.4 Å². The molecule has 1 aromatic heterocycles.